The van der Waals surface area contributed by atoms with Crippen LogP contribution < -0.4 is 4.31 Å². The Morgan fingerprint density at radius 1 is 1.10 bits per heavy atom. The number of benzene rings is 2. The molecule has 0 radical (unpaired) electrons. The van der Waals surface area contributed by atoms with Crippen molar-refractivity contribution in [2.45, 2.75) is 51.0 Å². The van der Waals surface area contributed by atoms with Crippen LogP contribution in [0.15, 0.2) is 53.6 Å². The molecule has 1 saturated heterocycles. The minimum Gasteiger partial charge on any atom is -0.381 e. The lowest BCUT2D eigenvalue weighted by Gasteiger charge is -2.24. The van der Waals surface area contributed by atoms with Gasteiger partial charge >= 0.3 is 0 Å². The summed E-state index contributed by atoms with van der Waals surface area (Å²) in [6.45, 7) is 6.97. The van der Waals surface area contributed by atoms with Gasteiger partial charge in [0.1, 0.15) is 0 Å². The van der Waals surface area contributed by atoms with Crippen molar-refractivity contribution in [1.82, 2.24) is 9.78 Å². The Morgan fingerprint density at radius 2 is 1.84 bits per heavy atom. The Kier molecular flexibility index (Phi) is 6.62. The number of hydrogen-bond donors (Lipinski definition) is 0. The van der Waals surface area contributed by atoms with Crippen molar-refractivity contribution in [2.24, 2.45) is 5.92 Å². The van der Waals surface area contributed by atoms with E-state index in [1.54, 1.807) is 18.3 Å². The van der Waals surface area contributed by atoms with E-state index < -0.39 is 10.0 Å². The molecule has 0 bridgehead atoms. The first kappa shape index (κ1) is 21.8. The summed E-state index contributed by atoms with van der Waals surface area (Å²) in [5, 5.41) is 5.39. The van der Waals surface area contributed by atoms with E-state index in [9.17, 15) is 8.42 Å². The molecule has 2 aromatic carbocycles. The highest BCUT2D eigenvalue weighted by atomic mass is 32.2. The second-order valence-electron chi connectivity index (χ2n) is 8.20. The van der Waals surface area contributed by atoms with Crippen LogP contribution >= 0.6 is 0 Å². The number of ether oxygens (including phenoxy) is 1. The molecule has 7 heteroatoms. The van der Waals surface area contributed by atoms with Gasteiger partial charge in [0.05, 0.1) is 22.3 Å². The Labute approximate surface area is 184 Å². The van der Waals surface area contributed by atoms with Crippen molar-refractivity contribution in [3.8, 4) is 0 Å². The fourth-order valence-corrected chi connectivity index (χ4v) is 5.75. The third-order valence-electron chi connectivity index (χ3n) is 6.03. The summed E-state index contributed by atoms with van der Waals surface area (Å²) in [5.41, 5.74) is 2.87. The van der Waals surface area contributed by atoms with E-state index in [1.807, 2.05) is 41.9 Å². The molecule has 0 aliphatic carbocycles. The quantitative estimate of drug-likeness (QED) is 0.511. The van der Waals surface area contributed by atoms with Crippen molar-refractivity contribution in [3.63, 3.8) is 0 Å². The number of aromatic nitrogens is 2. The van der Waals surface area contributed by atoms with Gasteiger partial charge in [0, 0.05) is 31.7 Å². The number of aryl methyl sites for hydroxylation is 1. The van der Waals surface area contributed by atoms with E-state index in [4.69, 9.17) is 4.74 Å². The lowest BCUT2D eigenvalue weighted by atomic mass is 10.0. The van der Waals surface area contributed by atoms with Crippen LogP contribution in [0.4, 0.5) is 5.69 Å². The van der Waals surface area contributed by atoms with Crippen LogP contribution in [0.3, 0.4) is 0 Å². The molecule has 0 N–H and O–H groups in total. The van der Waals surface area contributed by atoms with E-state index >= 15 is 0 Å². The third kappa shape index (κ3) is 4.62. The van der Waals surface area contributed by atoms with Gasteiger partial charge in [-0.3, -0.25) is 8.99 Å². The predicted molar refractivity (Wildman–Crippen MR) is 124 cm³/mol. The average molecular weight is 442 g/mol. The molecular weight excluding hydrogens is 410 g/mol. The first-order valence-electron chi connectivity index (χ1n) is 11.2. The first-order chi connectivity index (χ1) is 15.0. The summed E-state index contributed by atoms with van der Waals surface area (Å²) in [7, 11) is -3.67. The van der Waals surface area contributed by atoms with Gasteiger partial charge in [-0.25, -0.2) is 8.42 Å². The largest absolute Gasteiger partial charge is 0.381 e. The Balaban J connectivity index is 1.63. The molecule has 1 aliphatic heterocycles. The monoisotopic (exact) mass is 441 g/mol. The van der Waals surface area contributed by atoms with Crippen molar-refractivity contribution >= 4 is 26.6 Å². The molecular formula is C24H31N3O3S. The van der Waals surface area contributed by atoms with Crippen molar-refractivity contribution in [3.05, 3.63) is 54.2 Å². The van der Waals surface area contributed by atoms with Gasteiger partial charge in [-0.15, -0.1) is 0 Å². The second-order valence-corrected chi connectivity index (χ2v) is 10.1. The van der Waals surface area contributed by atoms with Gasteiger partial charge < -0.3 is 4.74 Å². The molecule has 2 heterocycles. The zero-order valence-corrected chi connectivity index (χ0v) is 19.1. The average Bonchev–Trinajstić information content (AvgIpc) is 3.20. The molecule has 6 nitrogen and oxygen atoms in total. The SMILES string of the molecule is CCCN(c1ccc(CC)cc1)S(=O)(=O)c1ccc2c(cnn2CC2CCOCC2)c1. The third-order valence-corrected chi connectivity index (χ3v) is 7.86. The molecule has 3 aromatic rings. The van der Waals surface area contributed by atoms with Crippen molar-refractivity contribution in [2.75, 3.05) is 24.1 Å². The van der Waals surface area contributed by atoms with E-state index in [2.05, 4.69) is 12.0 Å². The molecule has 1 aliphatic rings. The summed E-state index contributed by atoms with van der Waals surface area (Å²) in [4.78, 5) is 0.304. The molecule has 1 fully saturated rings. The molecule has 0 amide bonds. The number of sulfonamides is 1. The van der Waals surface area contributed by atoms with E-state index in [0.717, 1.165) is 56.3 Å². The van der Waals surface area contributed by atoms with Gasteiger partial charge in [0.15, 0.2) is 0 Å². The van der Waals surface area contributed by atoms with Crippen LogP contribution in [0, 0.1) is 5.92 Å². The van der Waals surface area contributed by atoms with Crippen LogP contribution in [0.5, 0.6) is 0 Å². The highest BCUT2D eigenvalue weighted by Crippen LogP contribution is 2.28. The smallest absolute Gasteiger partial charge is 0.264 e. The fraction of sp³-hybridized carbons (Fsp3) is 0.458. The zero-order chi connectivity index (χ0) is 21.8. The lowest BCUT2D eigenvalue weighted by molar-refractivity contribution is 0.0605. The maximum Gasteiger partial charge on any atom is 0.264 e. The lowest BCUT2D eigenvalue weighted by Crippen LogP contribution is -2.31. The van der Waals surface area contributed by atoms with Gasteiger partial charge in [-0.2, -0.15) is 5.10 Å². The number of anilines is 1. The summed E-state index contributed by atoms with van der Waals surface area (Å²) in [5.74, 6) is 0.548. The first-order valence-corrected chi connectivity index (χ1v) is 12.6. The Bertz CT molecular complexity index is 1120. The molecule has 0 saturated carbocycles. The molecule has 0 atom stereocenters. The topological polar surface area (TPSA) is 64.4 Å². The highest BCUT2D eigenvalue weighted by Gasteiger charge is 2.25. The molecule has 31 heavy (non-hydrogen) atoms. The number of fused-ring (bicyclic) bond motifs is 1. The van der Waals surface area contributed by atoms with Crippen LogP contribution in [0.2, 0.25) is 0 Å². The van der Waals surface area contributed by atoms with Crippen LogP contribution in [-0.2, 0) is 27.7 Å². The molecule has 0 unspecified atom stereocenters. The molecule has 1 aromatic heterocycles. The van der Waals surface area contributed by atoms with Gasteiger partial charge in [0.2, 0.25) is 0 Å². The van der Waals surface area contributed by atoms with E-state index in [1.165, 1.54) is 9.87 Å². The van der Waals surface area contributed by atoms with Gasteiger partial charge in [0.25, 0.3) is 10.0 Å². The predicted octanol–water partition coefficient (Wildman–Crippen LogP) is 4.63. The minimum atomic E-state index is -3.67. The molecule has 166 valence electrons. The summed E-state index contributed by atoms with van der Waals surface area (Å²) in [6.07, 6.45) is 5.51. The van der Waals surface area contributed by atoms with Crippen LogP contribution in [0.1, 0.15) is 38.7 Å². The van der Waals surface area contributed by atoms with Gasteiger partial charge in [-0.1, -0.05) is 26.0 Å². The van der Waals surface area contributed by atoms with E-state index in [-0.39, 0.29) is 0 Å². The normalized spacial score (nSPS) is 15.4. The fourth-order valence-electron chi connectivity index (χ4n) is 4.16. The summed E-state index contributed by atoms with van der Waals surface area (Å²) >= 11 is 0. The van der Waals surface area contributed by atoms with Crippen molar-refractivity contribution < 1.29 is 13.2 Å². The Hall–Kier alpha value is -2.38. The second kappa shape index (κ2) is 9.40. The Morgan fingerprint density at radius 3 is 2.52 bits per heavy atom. The number of nitrogens with zero attached hydrogens (tertiary/aromatic N) is 3. The maximum absolute atomic E-state index is 13.5. The van der Waals surface area contributed by atoms with Crippen LogP contribution in [0.25, 0.3) is 10.9 Å². The molecule has 4 rings (SSSR count). The number of rotatable bonds is 8. The zero-order valence-electron chi connectivity index (χ0n) is 18.3. The molecule has 0 spiro atoms. The minimum absolute atomic E-state index is 0.304. The highest BCUT2D eigenvalue weighted by molar-refractivity contribution is 7.92. The number of hydrogen-bond acceptors (Lipinski definition) is 4. The van der Waals surface area contributed by atoms with Crippen molar-refractivity contribution in [1.29, 1.82) is 0 Å². The van der Waals surface area contributed by atoms with Gasteiger partial charge in [-0.05, 0) is 67.5 Å². The summed E-state index contributed by atoms with van der Waals surface area (Å²) in [6, 6.07) is 13.1. The van der Waals surface area contributed by atoms with Crippen LogP contribution in [-0.4, -0.2) is 38.0 Å². The summed E-state index contributed by atoms with van der Waals surface area (Å²) < 4.78 is 36.0. The maximum atomic E-state index is 13.5. The standard InChI is InChI=1S/C24H31N3O3S/c1-3-13-27(22-7-5-19(4-2)6-8-22)31(28,29)23-9-10-24-21(16-23)17-25-26(24)18-20-11-14-30-15-12-20/h5-10,16-17,20H,3-4,11-15,18H2,1-2H3. The van der Waals surface area contributed by atoms with E-state index in [0.29, 0.717) is 23.0 Å².